The molecule has 0 spiro atoms. The van der Waals surface area contributed by atoms with Crippen molar-refractivity contribution in [1.29, 1.82) is 0 Å². The summed E-state index contributed by atoms with van der Waals surface area (Å²) in [6, 6.07) is 6.55. The third-order valence-corrected chi connectivity index (χ3v) is 2.60. The van der Waals surface area contributed by atoms with E-state index in [1.54, 1.807) is 0 Å². The van der Waals surface area contributed by atoms with Crippen LogP contribution >= 0.6 is 12.4 Å². The van der Waals surface area contributed by atoms with Crippen LogP contribution in [-0.2, 0) is 6.42 Å². The third-order valence-electron chi connectivity index (χ3n) is 2.60. The molecular formula is C12H16ClN. The summed E-state index contributed by atoms with van der Waals surface area (Å²) < 4.78 is 0. The maximum absolute atomic E-state index is 5.91. The fourth-order valence-corrected chi connectivity index (χ4v) is 1.93. The summed E-state index contributed by atoms with van der Waals surface area (Å²) in [7, 11) is 0. The van der Waals surface area contributed by atoms with Crippen LogP contribution in [0.3, 0.4) is 0 Å². The van der Waals surface area contributed by atoms with Gasteiger partial charge in [0, 0.05) is 6.04 Å². The smallest absolute Gasteiger partial charge is 0.0269 e. The second-order valence-electron chi connectivity index (χ2n) is 3.64. The topological polar surface area (TPSA) is 26.0 Å². The van der Waals surface area contributed by atoms with Gasteiger partial charge in [0.1, 0.15) is 0 Å². The molecule has 1 aliphatic rings. The van der Waals surface area contributed by atoms with Crippen molar-refractivity contribution in [3.8, 4) is 0 Å². The van der Waals surface area contributed by atoms with E-state index in [2.05, 4.69) is 30.4 Å². The number of allylic oxidation sites excluding steroid dienone is 1. The highest BCUT2D eigenvalue weighted by molar-refractivity contribution is 5.85. The second kappa shape index (κ2) is 4.63. The molecule has 0 saturated heterocycles. The minimum atomic E-state index is 0. The third kappa shape index (κ3) is 1.99. The van der Waals surface area contributed by atoms with Crippen LogP contribution in [0, 0.1) is 0 Å². The Bertz CT molecular complexity index is 342. The van der Waals surface area contributed by atoms with Crippen LogP contribution in [0.4, 0.5) is 0 Å². The van der Waals surface area contributed by atoms with Crippen molar-refractivity contribution in [2.75, 3.05) is 0 Å². The summed E-state index contributed by atoms with van der Waals surface area (Å²) in [5.74, 6) is 0. The molecule has 0 amide bonds. The van der Waals surface area contributed by atoms with Crippen LogP contribution in [0.5, 0.6) is 0 Å². The summed E-state index contributed by atoms with van der Waals surface area (Å²) in [6.45, 7) is 2.05. The van der Waals surface area contributed by atoms with Gasteiger partial charge < -0.3 is 5.73 Å². The van der Waals surface area contributed by atoms with Crippen molar-refractivity contribution >= 4 is 18.5 Å². The first-order valence-electron chi connectivity index (χ1n) is 4.83. The highest BCUT2D eigenvalue weighted by Crippen LogP contribution is 2.25. The van der Waals surface area contributed by atoms with Gasteiger partial charge in [-0.25, -0.2) is 0 Å². The van der Waals surface area contributed by atoms with E-state index in [0.29, 0.717) is 0 Å². The molecule has 0 aliphatic heterocycles. The first kappa shape index (κ1) is 11.3. The number of rotatable bonds is 1. The molecule has 1 nitrogen and oxygen atoms in total. The van der Waals surface area contributed by atoms with E-state index in [1.165, 1.54) is 16.7 Å². The lowest BCUT2D eigenvalue weighted by Crippen LogP contribution is -2.10. The van der Waals surface area contributed by atoms with Crippen molar-refractivity contribution in [2.24, 2.45) is 5.73 Å². The van der Waals surface area contributed by atoms with Crippen molar-refractivity contribution in [1.82, 2.24) is 0 Å². The molecular weight excluding hydrogens is 194 g/mol. The zero-order chi connectivity index (χ0) is 9.26. The molecule has 0 bridgehead atoms. The largest absolute Gasteiger partial charge is 0.324 e. The van der Waals surface area contributed by atoms with Crippen LogP contribution in [0.1, 0.15) is 36.1 Å². The second-order valence-corrected chi connectivity index (χ2v) is 3.64. The number of fused-ring (bicyclic) bond motifs is 1. The maximum atomic E-state index is 5.91. The number of hydrogen-bond acceptors (Lipinski definition) is 1. The molecule has 2 N–H and O–H groups in total. The summed E-state index contributed by atoms with van der Waals surface area (Å²) in [6.07, 6.45) is 6.72. The van der Waals surface area contributed by atoms with Crippen LogP contribution in [0.25, 0.3) is 6.08 Å². The summed E-state index contributed by atoms with van der Waals surface area (Å²) in [5.41, 5.74) is 10.0. The Morgan fingerprint density at radius 1 is 1.36 bits per heavy atom. The van der Waals surface area contributed by atoms with Gasteiger partial charge in [-0.2, -0.15) is 0 Å². The molecule has 1 aromatic rings. The lowest BCUT2D eigenvalue weighted by molar-refractivity contribution is 0.791. The highest BCUT2D eigenvalue weighted by Gasteiger charge is 2.11. The average molecular weight is 210 g/mol. The molecule has 1 aromatic carbocycles. The van der Waals surface area contributed by atoms with Crippen LogP contribution in [0.2, 0.25) is 0 Å². The van der Waals surface area contributed by atoms with Crippen LogP contribution in [0.15, 0.2) is 24.3 Å². The van der Waals surface area contributed by atoms with Gasteiger partial charge in [0.15, 0.2) is 0 Å². The fourth-order valence-electron chi connectivity index (χ4n) is 1.93. The lowest BCUT2D eigenvalue weighted by atomic mass is 9.90. The van der Waals surface area contributed by atoms with Gasteiger partial charge in [-0.3, -0.25) is 0 Å². The molecule has 0 saturated carbocycles. The predicted molar refractivity (Wildman–Crippen MR) is 63.6 cm³/mol. The molecule has 0 heterocycles. The Labute approximate surface area is 91.4 Å². The monoisotopic (exact) mass is 209 g/mol. The van der Waals surface area contributed by atoms with E-state index >= 15 is 0 Å². The highest BCUT2D eigenvalue weighted by atomic mass is 35.5. The summed E-state index contributed by atoms with van der Waals surface area (Å²) in [5, 5.41) is 0. The van der Waals surface area contributed by atoms with Crippen LogP contribution < -0.4 is 5.73 Å². The van der Waals surface area contributed by atoms with E-state index in [9.17, 15) is 0 Å². The van der Waals surface area contributed by atoms with Gasteiger partial charge in [-0.05, 0) is 36.5 Å². The van der Waals surface area contributed by atoms with E-state index in [-0.39, 0.29) is 18.4 Å². The molecule has 1 atom stereocenters. The average Bonchev–Trinajstić information content (AvgIpc) is 2.17. The number of nitrogens with two attached hydrogens (primary N) is 1. The minimum Gasteiger partial charge on any atom is -0.324 e. The van der Waals surface area contributed by atoms with Gasteiger partial charge in [-0.15, -0.1) is 12.4 Å². The van der Waals surface area contributed by atoms with Crippen molar-refractivity contribution in [3.05, 3.63) is 41.0 Å². The molecule has 2 heteroatoms. The van der Waals surface area contributed by atoms with Gasteiger partial charge >= 0.3 is 0 Å². The zero-order valence-corrected chi connectivity index (χ0v) is 9.18. The molecule has 1 aliphatic carbocycles. The number of benzene rings is 1. The zero-order valence-electron chi connectivity index (χ0n) is 8.36. The number of hydrogen-bond donors (Lipinski definition) is 1. The lowest BCUT2D eigenvalue weighted by Gasteiger charge is -2.17. The Kier molecular flexibility index (Phi) is 3.73. The Balaban J connectivity index is 0.000000980. The summed E-state index contributed by atoms with van der Waals surface area (Å²) in [4.78, 5) is 0. The van der Waals surface area contributed by atoms with Crippen LogP contribution in [-0.4, -0.2) is 0 Å². The Morgan fingerprint density at radius 2 is 2.14 bits per heavy atom. The molecule has 2 rings (SSSR count). The molecule has 0 unspecified atom stereocenters. The normalized spacial score (nSPS) is 15.6. The SMILES string of the molecule is C[C@@H](N)c1cccc2c1CCC=C2.Cl. The standard InChI is InChI=1S/C12H15N.ClH/c1-9(13)11-8-4-6-10-5-2-3-7-12(10)11;/h2,4-6,8-9H,3,7,13H2,1H3;1H/t9-;/m1./s1. The minimum absolute atomic E-state index is 0. The maximum Gasteiger partial charge on any atom is 0.0269 e. The van der Waals surface area contributed by atoms with Crippen molar-refractivity contribution in [3.63, 3.8) is 0 Å². The molecule has 76 valence electrons. The Morgan fingerprint density at radius 3 is 2.86 bits per heavy atom. The van der Waals surface area contributed by atoms with Crippen molar-refractivity contribution in [2.45, 2.75) is 25.8 Å². The predicted octanol–water partition coefficient (Wildman–Crippen LogP) is 3.09. The molecule has 14 heavy (non-hydrogen) atoms. The Hall–Kier alpha value is -0.790. The van der Waals surface area contributed by atoms with Gasteiger partial charge in [0.25, 0.3) is 0 Å². The fraction of sp³-hybridized carbons (Fsp3) is 0.333. The summed E-state index contributed by atoms with van der Waals surface area (Å²) >= 11 is 0. The molecule has 0 aromatic heterocycles. The number of halogens is 1. The van der Waals surface area contributed by atoms with E-state index < -0.39 is 0 Å². The first-order valence-corrected chi connectivity index (χ1v) is 4.83. The molecule has 0 fully saturated rings. The van der Waals surface area contributed by atoms with Gasteiger partial charge in [0.05, 0.1) is 0 Å². The molecule has 0 radical (unpaired) electrons. The van der Waals surface area contributed by atoms with Gasteiger partial charge in [-0.1, -0.05) is 30.4 Å². The first-order chi connectivity index (χ1) is 6.29. The van der Waals surface area contributed by atoms with E-state index in [0.717, 1.165) is 12.8 Å². The van der Waals surface area contributed by atoms with E-state index in [1.807, 2.05) is 6.92 Å². The van der Waals surface area contributed by atoms with Gasteiger partial charge in [0.2, 0.25) is 0 Å². The quantitative estimate of drug-likeness (QED) is 0.756. The van der Waals surface area contributed by atoms with Crippen molar-refractivity contribution < 1.29 is 0 Å². The van der Waals surface area contributed by atoms with E-state index in [4.69, 9.17) is 5.73 Å².